The summed E-state index contributed by atoms with van der Waals surface area (Å²) in [6.45, 7) is 1.96. The van der Waals surface area contributed by atoms with Crippen molar-refractivity contribution in [2.45, 2.75) is 6.92 Å². The number of benzene rings is 3. The van der Waals surface area contributed by atoms with E-state index in [1.54, 1.807) is 6.92 Å². The van der Waals surface area contributed by atoms with E-state index in [-0.39, 0.29) is 12.2 Å². The number of nitrogens with zero attached hydrogens (tertiary/aromatic N) is 3. The number of esters is 1. The van der Waals surface area contributed by atoms with Gasteiger partial charge in [0.25, 0.3) is 0 Å². The second-order valence-electron chi connectivity index (χ2n) is 6.14. The fourth-order valence-corrected chi connectivity index (χ4v) is 2.86. The number of hydrogen-bond donors (Lipinski definition) is 1. The summed E-state index contributed by atoms with van der Waals surface area (Å²) in [5, 5.41) is 19.6. The maximum Gasteiger partial charge on any atom is 0.349 e. The highest BCUT2D eigenvalue weighted by atomic mass is 16.5. The first kappa shape index (κ1) is 20.5. The van der Waals surface area contributed by atoms with Gasteiger partial charge in [-0.25, -0.2) is 4.79 Å². The Kier molecular flexibility index (Phi) is 7.07. The SMILES string of the molecule is CCOC(=O)C(C#N)=C(c1ccccc1)c1ccccc1.c1ccc2[nH]nnc2c1. The number of hydrogen-bond acceptors (Lipinski definition) is 5. The van der Waals surface area contributed by atoms with Crippen molar-refractivity contribution >= 4 is 22.6 Å². The molecule has 0 amide bonds. The van der Waals surface area contributed by atoms with Crippen molar-refractivity contribution < 1.29 is 9.53 Å². The highest BCUT2D eigenvalue weighted by Gasteiger charge is 2.19. The van der Waals surface area contributed by atoms with E-state index in [1.807, 2.05) is 91.0 Å². The van der Waals surface area contributed by atoms with Gasteiger partial charge in [0, 0.05) is 5.57 Å². The molecule has 0 aliphatic heterocycles. The number of para-hydroxylation sites is 1. The van der Waals surface area contributed by atoms with Crippen LogP contribution in [-0.2, 0) is 9.53 Å². The lowest BCUT2D eigenvalue weighted by atomic mass is 9.93. The van der Waals surface area contributed by atoms with Crippen molar-refractivity contribution in [3.05, 3.63) is 102 Å². The maximum absolute atomic E-state index is 12.1. The van der Waals surface area contributed by atoms with Crippen molar-refractivity contribution in [2.75, 3.05) is 6.61 Å². The maximum atomic E-state index is 12.1. The summed E-state index contributed by atoms with van der Waals surface area (Å²) in [6, 6.07) is 28.5. The number of aromatic nitrogens is 3. The van der Waals surface area contributed by atoms with Crippen molar-refractivity contribution in [3.8, 4) is 6.07 Å². The van der Waals surface area contributed by atoms with Gasteiger partial charge in [0.15, 0.2) is 0 Å². The highest BCUT2D eigenvalue weighted by Crippen LogP contribution is 2.27. The minimum atomic E-state index is -0.595. The number of H-pyrrole nitrogens is 1. The molecular weight excluding hydrogens is 376 g/mol. The van der Waals surface area contributed by atoms with Gasteiger partial charge in [-0.1, -0.05) is 78.0 Å². The standard InChI is InChI=1S/C18H15NO2.C6H5N3/c1-2-21-18(20)16(13-19)17(14-9-5-3-6-10-14)15-11-7-4-8-12-15;1-2-4-6-5(3-1)7-9-8-6/h3-12H,2H2,1H3;1-4H,(H,7,8,9). The van der Waals surface area contributed by atoms with E-state index < -0.39 is 5.97 Å². The predicted octanol–water partition coefficient (Wildman–Crippen LogP) is 4.53. The smallest absolute Gasteiger partial charge is 0.349 e. The molecule has 4 rings (SSSR count). The Bertz CT molecular complexity index is 1100. The van der Waals surface area contributed by atoms with Crippen LogP contribution in [-0.4, -0.2) is 28.0 Å². The minimum absolute atomic E-state index is 0.0225. The molecule has 1 N–H and O–H groups in total. The van der Waals surface area contributed by atoms with Crippen LogP contribution in [0.2, 0.25) is 0 Å². The van der Waals surface area contributed by atoms with E-state index in [2.05, 4.69) is 15.4 Å². The van der Waals surface area contributed by atoms with Gasteiger partial charge in [0.05, 0.1) is 12.1 Å². The van der Waals surface area contributed by atoms with Crippen LogP contribution in [0.25, 0.3) is 16.6 Å². The molecule has 0 spiro atoms. The van der Waals surface area contributed by atoms with Crippen molar-refractivity contribution in [1.29, 1.82) is 5.26 Å². The summed E-state index contributed by atoms with van der Waals surface area (Å²) in [6.07, 6.45) is 0. The zero-order valence-electron chi connectivity index (χ0n) is 16.4. The molecule has 0 atom stereocenters. The zero-order valence-corrected chi connectivity index (χ0v) is 16.4. The molecule has 6 heteroatoms. The number of aromatic amines is 1. The van der Waals surface area contributed by atoms with Crippen LogP contribution in [0.15, 0.2) is 90.5 Å². The molecule has 4 aromatic rings. The monoisotopic (exact) mass is 396 g/mol. The third kappa shape index (κ3) is 4.97. The van der Waals surface area contributed by atoms with Crippen molar-refractivity contribution in [1.82, 2.24) is 15.4 Å². The second-order valence-corrected chi connectivity index (χ2v) is 6.14. The third-order valence-corrected chi connectivity index (χ3v) is 4.20. The minimum Gasteiger partial charge on any atom is -0.462 e. The molecule has 30 heavy (non-hydrogen) atoms. The summed E-state index contributed by atoms with van der Waals surface area (Å²) in [5.41, 5.74) is 4.14. The first-order valence-corrected chi connectivity index (χ1v) is 9.42. The summed E-state index contributed by atoms with van der Waals surface area (Å²) < 4.78 is 5.00. The van der Waals surface area contributed by atoms with Crippen LogP contribution in [0.4, 0.5) is 0 Å². The van der Waals surface area contributed by atoms with Gasteiger partial charge < -0.3 is 4.74 Å². The summed E-state index contributed by atoms with van der Waals surface area (Å²) >= 11 is 0. The summed E-state index contributed by atoms with van der Waals surface area (Å²) in [4.78, 5) is 12.1. The van der Waals surface area contributed by atoms with Gasteiger partial charge in [-0.2, -0.15) is 5.26 Å². The average molecular weight is 396 g/mol. The molecule has 3 aromatic carbocycles. The highest BCUT2D eigenvalue weighted by molar-refractivity contribution is 6.05. The second kappa shape index (κ2) is 10.3. The van der Waals surface area contributed by atoms with Crippen LogP contribution < -0.4 is 0 Å². The third-order valence-electron chi connectivity index (χ3n) is 4.20. The van der Waals surface area contributed by atoms with Crippen molar-refractivity contribution in [2.24, 2.45) is 0 Å². The van der Waals surface area contributed by atoms with Gasteiger partial charge in [0.1, 0.15) is 17.2 Å². The summed E-state index contributed by atoms with van der Waals surface area (Å²) in [7, 11) is 0. The number of fused-ring (bicyclic) bond motifs is 1. The normalized spacial score (nSPS) is 9.73. The first-order chi connectivity index (χ1) is 14.7. The molecule has 148 valence electrons. The van der Waals surface area contributed by atoms with E-state index in [4.69, 9.17) is 4.74 Å². The lowest BCUT2D eigenvalue weighted by molar-refractivity contribution is -0.137. The summed E-state index contributed by atoms with van der Waals surface area (Å²) in [5.74, 6) is -0.595. The average Bonchev–Trinajstić information content (AvgIpc) is 3.28. The van der Waals surface area contributed by atoms with Crippen LogP contribution in [0.3, 0.4) is 0 Å². The molecular formula is C24H20N4O2. The van der Waals surface area contributed by atoms with E-state index in [0.29, 0.717) is 5.57 Å². The van der Waals surface area contributed by atoms with Crippen LogP contribution in [0.1, 0.15) is 18.1 Å². The molecule has 1 heterocycles. The van der Waals surface area contributed by atoms with Gasteiger partial charge in [-0.15, -0.1) is 5.10 Å². The Balaban J connectivity index is 0.000000234. The Morgan fingerprint density at radius 1 is 0.933 bits per heavy atom. The van der Waals surface area contributed by atoms with Gasteiger partial charge in [-0.3, -0.25) is 5.10 Å². The Morgan fingerprint density at radius 3 is 2.03 bits per heavy atom. The van der Waals surface area contributed by atoms with Crippen LogP contribution in [0, 0.1) is 11.3 Å². The van der Waals surface area contributed by atoms with E-state index in [1.165, 1.54) is 0 Å². The largest absolute Gasteiger partial charge is 0.462 e. The number of ether oxygens (including phenoxy) is 1. The topological polar surface area (TPSA) is 91.7 Å². The Hall–Kier alpha value is -4.24. The molecule has 0 radical (unpaired) electrons. The fourth-order valence-electron chi connectivity index (χ4n) is 2.86. The number of nitrogens with one attached hydrogen (secondary N) is 1. The molecule has 0 bridgehead atoms. The van der Waals surface area contributed by atoms with E-state index >= 15 is 0 Å². The van der Waals surface area contributed by atoms with E-state index in [9.17, 15) is 10.1 Å². The lowest BCUT2D eigenvalue weighted by Gasteiger charge is -2.11. The molecule has 0 fully saturated rings. The first-order valence-electron chi connectivity index (χ1n) is 9.42. The number of carbonyl (C=O) groups excluding carboxylic acids is 1. The lowest BCUT2D eigenvalue weighted by Crippen LogP contribution is -2.09. The molecule has 0 unspecified atom stereocenters. The van der Waals surface area contributed by atoms with Crippen LogP contribution in [0.5, 0.6) is 0 Å². The van der Waals surface area contributed by atoms with Gasteiger partial charge >= 0.3 is 5.97 Å². The quantitative estimate of drug-likeness (QED) is 0.311. The van der Waals surface area contributed by atoms with E-state index in [0.717, 1.165) is 22.2 Å². The molecule has 6 nitrogen and oxygen atoms in total. The zero-order chi connectivity index (χ0) is 21.2. The Morgan fingerprint density at radius 2 is 1.50 bits per heavy atom. The van der Waals surface area contributed by atoms with Gasteiger partial charge in [0.2, 0.25) is 0 Å². The fraction of sp³-hybridized carbons (Fsp3) is 0.0833. The Labute approximate surface area is 174 Å². The molecule has 0 aliphatic rings. The van der Waals surface area contributed by atoms with Crippen molar-refractivity contribution in [3.63, 3.8) is 0 Å². The molecule has 0 saturated heterocycles. The van der Waals surface area contributed by atoms with Crippen LogP contribution >= 0.6 is 0 Å². The molecule has 0 saturated carbocycles. The molecule has 0 aliphatic carbocycles. The number of carbonyl (C=O) groups is 1. The predicted molar refractivity (Wildman–Crippen MR) is 115 cm³/mol. The number of nitriles is 1. The number of rotatable bonds is 4. The van der Waals surface area contributed by atoms with Gasteiger partial charge in [-0.05, 0) is 30.2 Å². The molecule has 1 aromatic heterocycles.